The Balaban J connectivity index is 1.79. The van der Waals surface area contributed by atoms with Gasteiger partial charge in [0, 0.05) is 24.5 Å². The van der Waals surface area contributed by atoms with Crippen LogP contribution in [0.1, 0.15) is 75.3 Å². The molecule has 32 heavy (non-hydrogen) atoms. The number of amides is 1. The molecule has 3 aromatic rings. The SMILES string of the molecule is Cc1cccnc1C1CCCC(c2ncccc2C)N1Cc1ccc(C(N)=O)cc1CO. The van der Waals surface area contributed by atoms with E-state index in [2.05, 4.69) is 30.9 Å². The summed E-state index contributed by atoms with van der Waals surface area (Å²) in [5, 5.41) is 10.0. The fourth-order valence-electron chi connectivity index (χ4n) is 4.83. The smallest absolute Gasteiger partial charge is 0.248 e. The van der Waals surface area contributed by atoms with Gasteiger partial charge in [0.05, 0.1) is 30.1 Å². The first-order valence-corrected chi connectivity index (χ1v) is 11.1. The van der Waals surface area contributed by atoms with Crippen molar-refractivity contribution in [1.29, 1.82) is 0 Å². The van der Waals surface area contributed by atoms with Gasteiger partial charge in [-0.3, -0.25) is 19.7 Å². The van der Waals surface area contributed by atoms with Gasteiger partial charge in [-0.1, -0.05) is 18.2 Å². The second-order valence-corrected chi connectivity index (χ2v) is 8.55. The average molecular weight is 431 g/mol. The van der Waals surface area contributed by atoms with Crippen molar-refractivity contribution < 1.29 is 9.90 Å². The van der Waals surface area contributed by atoms with E-state index < -0.39 is 5.91 Å². The van der Waals surface area contributed by atoms with Crippen LogP contribution in [0.25, 0.3) is 0 Å². The van der Waals surface area contributed by atoms with Crippen LogP contribution in [0.4, 0.5) is 0 Å². The largest absolute Gasteiger partial charge is 0.392 e. The molecule has 1 aliphatic heterocycles. The zero-order chi connectivity index (χ0) is 22.7. The summed E-state index contributed by atoms with van der Waals surface area (Å²) in [5.41, 5.74) is 12.1. The Bertz CT molecular complexity index is 1060. The molecule has 2 unspecified atom stereocenters. The van der Waals surface area contributed by atoms with Crippen molar-refractivity contribution in [1.82, 2.24) is 14.9 Å². The van der Waals surface area contributed by atoms with Crippen LogP contribution in [0, 0.1) is 13.8 Å². The molecule has 1 fully saturated rings. The van der Waals surface area contributed by atoms with Crippen LogP contribution < -0.4 is 5.73 Å². The summed E-state index contributed by atoms with van der Waals surface area (Å²) in [6.45, 7) is 4.69. The first-order valence-electron chi connectivity index (χ1n) is 11.1. The lowest BCUT2D eigenvalue weighted by molar-refractivity contribution is 0.0672. The summed E-state index contributed by atoms with van der Waals surface area (Å²) in [6, 6.07) is 13.8. The molecule has 0 radical (unpaired) electrons. The van der Waals surface area contributed by atoms with Crippen molar-refractivity contribution in [3.63, 3.8) is 0 Å². The number of aliphatic hydroxyl groups is 1. The molecule has 1 aliphatic rings. The lowest BCUT2D eigenvalue weighted by atomic mass is 9.88. The fourth-order valence-corrected chi connectivity index (χ4v) is 4.83. The Morgan fingerprint density at radius 1 is 1.00 bits per heavy atom. The van der Waals surface area contributed by atoms with E-state index in [1.807, 2.05) is 30.6 Å². The van der Waals surface area contributed by atoms with Gasteiger partial charge in [0.2, 0.25) is 5.91 Å². The predicted octanol–water partition coefficient (Wildman–Crippen LogP) is 4.15. The van der Waals surface area contributed by atoms with Crippen molar-refractivity contribution in [2.45, 2.75) is 58.3 Å². The number of aromatic nitrogens is 2. The van der Waals surface area contributed by atoms with E-state index in [0.717, 1.165) is 41.8 Å². The van der Waals surface area contributed by atoms with Crippen molar-refractivity contribution in [2.75, 3.05) is 0 Å². The van der Waals surface area contributed by atoms with Crippen molar-refractivity contribution in [3.8, 4) is 0 Å². The Kier molecular flexibility index (Phi) is 6.63. The number of aryl methyl sites for hydroxylation is 2. The van der Waals surface area contributed by atoms with Crippen molar-refractivity contribution in [3.05, 3.63) is 94.1 Å². The minimum Gasteiger partial charge on any atom is -0.392 e. The monoisotopic (exact) mass is 430 g/mol. The Morgan fingerprint density at radius 3 is 2.09 bits per heavy atom. The standard InChI is InChI=1S/C26H30N4O2/c1-17-6-4-12-28-24(17)22-8-3-9-23(25-18(2)7-5-13-29-25)30(22)15-20-11-10-19(26(27)32)14-21(20)16-31/h4-7,10-14,22-23,31H,3,8-9,15-16H2,1-2H3,(H2,27,32). The number of hydrogen-bond acceptors (Lipinski definition) is 5. The molecule has 3 N–H and O–H groups in total. The zero-order valence-electron chi connectivity index (χ0n) is 18.7. The summed E-state index contributed by atoms with van der Waals surface area (Å²) < 4.78 is 0. The molecule has 3 heterocycles. The lowest BCUT2D eigenvalue weighted by Gasteiger charge is -2.43. The van der Waals surface area contributed by atoms with E-state index in [9.17, 15) is 9.90 Å². The van der Waals surface area contributed by atoms with Gasteiger partial charge in [-0.2, -0.15) is 0 Å². The van der Waals surface area contributed by atoms with Gasteiger partial charge >= 0.3 is 0 Å². The maximum absolute atomic E-state index is 11.6. The van der Waals surface area contributed by atoms with Crippen LogP contribution in [0.15, 0.2) is 54.9 Å². The van der Waals surface area contributed by atoms with Gasteiger partial charge in [-0.15, -0.1) is 0 Å². The Morgan fingerprint density at radius 2 is 1.59 bits per heavy atom. The van der Waals surface area contributed by atoms with Crippen LogP contribution in [0.5, 0.6) is 0 Å². The third-order valence-corrected chi connectivity index (χ3v) is 6.50. The molecule has 4 rings (SSSR count). The third kappa shape index (κ3) is 4.42. The number of carbonyl (C=O) groups is 1. The molecule has 6 heteroatoms. The van der Waals surface area contributed by atoms with Crippen molar-refractivity contribution >= 4 is 5.91 Å². The molecular formula is C26H30N4O2. The number of pyridine rings is 2. The lowest BCUT2D eigenvalue weighted by Crippen LogP contribution is -2.37. The van der Waals surface area contributed by atoms with Crippen LogP contribution in [0.3, 0.4) is 0 Å². The second kappa shape index (κ2) is 9.59. The summed E-state index contributed by atoms with van der Waals surface area (Å²) in [6.07, 6.45) is 6.82. The number of benzene rings is 1. The van der Waals surface area contributed by atoms with Gasteiger partial charge in [0.15, 0.2) is 0 Å². The average Bonchev–Trinajstić information content (AvgIpc) is 2.80. The summed E-state index contributed by atoms with van der Waals surface area (Å²) >= 11 is 0. The zero-order valence-corrected chi connectivity index (χ0v) is 18.7. The van der Waals surface area contributed by atoms with Gasteiger partial charge in [0.1, 0.15) is 0 Å². The van der Waals surface area contributed by atoms with Crippen LogP contribution in [0.2, 0.25) is 0 Å². The molecular weight excluding hydrogens is 400 g/mol. The third-order valence-electron chi connectivity index (χ3n) is 6.50. The number of nitrogens with two attached hydrogens (primary N) is 1. The summed E-state index contributed by atoms with van der Waals surface area (Å²) in [5.74, 6) is -0.492. The molecule has 1 saturated heterocycles. The fraction of sp³-hybridized carbons (Fsp3) is 0.346. The van der Waals surface area contributed by atoms with Crippen molar-refractivity contribution in [2.24, 2.45) is 5.73 Å². The summed E-state index contributed by atoms with van der Waals surface area (Å²) in [7, 11) is 0. The number of hydrogen-bond donors (Lipinski definition) is 2. The van der Waals surface area contributed by atoms with E-state index in [0.29, 0.717) is 12.1 Å². The highest BCUT2D eigenvalue weighted by atomic mass is 16.3. The Labute approximate surface area is 189 Å². The van der Waals surface area contributed by atoms with Gasteiger partial charge in [-0.05, 0) is 79.6 Å². The highest BCUT2D eigenvalue weighted by Gasteiger charge is 2.35. The first kappa shape index (κ1) is 22.1. The van der Waals surface area contributed by atoms with Gasteiger partial charge in [0.25, 0.3) is 0 Å². The van der Waals surface area contributed by atoms with E-state index in [1.54, 1.807) is 12.1 Å². The Hall–Kier alpha value is -3.09. The molecule has 1 aromatic carbocycles. The van der Waals surface area contributed by atoms with E-state index in [1.165, 1.54) is 11.1 Å². The quantitative estimate of drug-likeness (QED) is 0.613. The predicted molar refractivity (Wildman–Crippen MR) is 124 cm³/mol. The molecule has 166 valence electrons. The molecule has 2 aromatic heterocycles. The molecule has 1 amide bonds. The number of nitrogens with zero attached hydrogens (tertiary/aromatic N) is 3. The molecule has 0 saturated carbocycles. The highest BCUT2D eigenvalue weighted by molar-refractivity contribution is 5.93. The minimum absolute atomic E-state index is 0.138. The van der Waals surface area contributed by atoms with Crippen LogP contribution >= 0.6 is 0 Å². The normalized spacial score (nSPS) is 19.1. The molecule has 6 nitrogen and oxygen atoms in total. The number of aliphatic hydroxyl groups excluding tert-OH is 1. The maximum atomic E-state index is 11.6. The highest BCUT2D eigenvalue weighted by Crippen LogP contribution is 2.43. The molecule has 0 bridgehead atoms. The molecule has 0 aliphatic carbocycles. The first-order chi connectivity index (χ1) is 15.5. The van der Waals surface area contributed by atoms with Crippen LogP contribution in [-0.4, -0.2) is 25.9 Å². The summed E-state index contributed by atoms with van der Waals surface area (Å²) in [4.78, 5) is 23.6. The van der Waals surface area contributed by atoms with Crippen LogP contribution in [-0.2, 0) is 13.2 Å². The molecule has 2 atom stereocenters. The van der Waals surface area contributed by atoms with Gasteiger partial charge in [-0.25, -0.2) is 0 Å². The van der Waals surface area contributed by atoms with E-state index in [4.69, 9.17) is 15.7 Å². The number of piperidine rings is 1. The molecule has 0 spiro atoms. The maximum Gasteiger partial charge on any atom is 0.248 e. The number of likely N-dealkylation sites (tertiary alicyclic amines) is 1. The number of carbonyl (C=O) groups excluding carboxylic acids is 1. The van der Waals surface area contributed by atoms with E-state index in [-0.39, 0.29) is 18.7 Å². The van der Waals surface area contributed by atoms with Gasteiger partial charge < -0.3 is 10.8 Å². The second-order valence-electron chi connectivity index (χ2n) is 8.55. The number of primary amides is 1. The topological polar surface area (TPSA) is 92.3 Å². The minimum atomic E-state index is -0.492. The van der Waals surface area contributed by atoms with E-state index >= 15 is 0 Å². The number of rotatable bonds is 6.